The molecule has 74 valence electrons. The van der Waals surface area contributed by atoms with Gasteiger partial charge >= 0.3 is 0 Å². The van der Waals surface area contributed by atoms with Crippen LogP contribution in [0.25, 0.3) is 5.52 Å². The predicted molar refractivity (Wildman–Crippen MR) is 59.2 cm³/mol. The molecule has 2 aromatic rings. The van der Waals surface area contributed by atoms with Gasteiger partial charge < -0.3 is 5.73 Å². The molecule has 0 bridgehead atoms. The summed E-state index contributed by atoms with van der Waals surface area (Å²) in [4.78, 5) is 3.96. The molecule has 5 heteroatoms. The van der Waals surface area contributed by atoms with Gasteiger partial charge in [0.15, 0.2) is 5.82 Å². The number of aromatic nitrogens is 3. The van der Waals surface area contributed by atoms with E-state index in [9.17, 15) is 0 Å². The Hall–Kier alpha value is -1.10. The standard InChI is InChI=1S/C9H11BrN4/c1-5(2)7-3-6(10)8-9(11)12-4-13-14(7)8/h3-5H,1-2H3,(H2,11,12,13). The van der Waals surface area contributed by atoms with Crippen molar-refractivity contribution in [3.05, 3.63) is 22.6 Å². The van der Waals surface area contributed by atoms with Gasteiger partial charge in [-0.2, -0.15) is 5.10 Å². The highest BCUT2D eigenvalue weighted by Gasteiger charge is 2.13. The fraction of sp³-hybridized carbons (Fsp3) is 0.333. The summed E-state index contributed by atoms with van der Waals surface area (Å²) in [5.74, 6) is 0.905. The Morgan fingerprint density at radius 2 is 2.21 bits per heavy atom. The first-order chi connectivity index (χ1) is 6.61. The largest absolute Gasteiger partial charge is 0.382 e. The number of rotatable bonds is 1. The van der Waals surface area contributed by atoms with Crippen LogP contribution < -0.4 is 5.73 Å². The van der Waals surface area contributed by atoms with Crippen molar-refractivity contribution in [2.45, 2.75) is 19.8 Å². The second-order valence-corrected chi connectivity index (χ2v) is 4.33. The molecule has 0 saturated heterocycles. The number of nitrogens with two attached hydrogens (primary N) is 1. The molecule has 0 amide bonds. The second-order valence-electron chi connectivity index (χ2n) is 3.48. The van der Waals surface area contributed by atoms with Crippen molar-refractivity contribution in [3.8, 4) is 0 Å². The zero-order valence-electron chi connectivity index (χ0n) is 8.03. The van der Waals surface area contributed by atoms with Gasteiger partial charge in [-0.1, -0.05) is 13.8 Å². The van der Waals surface area contributed by atoms with E-state index in [1.807, 2.05) is 10.6 Å². The van der Waals surface area contributed by atoms with E-state index >= 15 is 0 Å². The van der Waals surface area contributed by atoms with Crippen molar-refractivity contribution in [2.75, 3.05) is 5.73 Å². The maximum absolute atomic E-state index is 5.77. The second kappa shape index (κ2) is 3.24. The van der Waals surface area contributed by atoms with E-state index in [2.05, 4.69) is 39.9 Å². The molecule has 0 spiro atoms. The normalized spacial score (nSPS) is 11.4. The summed E-state index contributed by atoms with van der Waals surface area (Å²) in [6.07, 6.45) is 1.47. The van der Waals surface area contributed by atoms with Crippen LogP contribution in [0.1, 0.15) is 25.5 Å². The third-order valence-corrected chi connectivity index (χ3v) is 2.76. The first-order valence-electron chi connectivity index (χ1n) is 4.39. The number of hydrogen-bond acceptors (Lipinski definition) is 3. The van der Waals surface area contributed by atoms with Gasteiger partial charge in [-0.05, 0) is 27.9 Å². The minimum absolute atomic E-state index is 0.406. The van der Waals surface area contributed by atoms with E-state index in [0.29, 0.717) is 11.7 Å². The lowest BCUT2D eigenvalue weighted by molar-refractivity contribution is 0.752. The molecule has 0 aromatic carbocycles. The Morgan fingerprint density at radius 1 is 1.50 bits per heavy atom. The molecule has 2 rings (SSSR count). The van der Waals surface area contributed by atoms with Crippen LogP contribution in [-0.4, -0.2) is 14.6 Å². The third-order valence-electron chi connectivity index (χ3n) is 2.16. The first kappa shape index (κ1) is 9.45. The molecule has 2 aromatic heterocycles. The number of hydrogen-bond donors (Lipinski definition) is 1. The summed E-state index contributed by atoms with van der Waals surface area (Å²) in [6, 6.07) is 2.03. The van der Waals surface area contributed by atoms with Crippen molar-refractivity contribution in [3.63, 3.8) is 0 Å². The third kappa shape index (κ3) is 1.28. The lowest BCUT2D eigenvalue weighted by Gasteiger charge is -2.04. The van der Waals surface area contributed by atoms with Gasteiger partial charge in [-0.15, -0.1) is 0 Å². The molecule has 0 aliphatic heterocycles. The molecular weight excluding hydrogens is 244 g/mol. The Morgan fingerprint density at radius 3 is 2.86 bits per heavy atom. The van der Waals surface area contributed by atoms with Gasteiger partial charge in [0.25, 0.3) is 0 Å². The summed E-state index contributed by atoms with van der Waals surface area (Å²) in [6.45, 7) is 4.24. The van der Waals surface area contributed by atoms with Crippen molar-refractivity contribution in [2.24, 2.45) is 0 Å². The first-order valence-corrected chi connectivity index (χ1v) is 5.18. The number of halogens is 1. The van der Waals surface area contributed by atoms with Crippen LogP contribution in [0.15, 0.2) is 16.9 Å². The zero-order chi connectivity index (χ0) is 10.3. The maximum Gasteiger partial charge on any atom is 0.152 e. The van der Waals surface area contributed by atoms with Crippen LogP contribution in [0.4, 0.5) is 5.82 Å². The van der Waals surface area contributed by atoms with Crippen molar-refractivity contribution < 1.29 is 0 Å². The molecule has 0 aliphatic rings. The number of nitrogens with zero attached hydrogens (tertiary/aromatic N) is 3. The fourth-order valence-corrected chi connectivity index (χ4v) is 2.06. The minimum atomic E-state index is 0.406. The highest BCUT2D eigenvalue weighted by atomic mass is 79.9. The predicted octanol–water partition coefficient (Wildman–Crippen LogP) is 2.20. The van der Waals surface area contributed by atoms with Gasteiger partial charge in [0.05, 0.1) is 0 Å². The Bertz CT molecular complexity index is 475. The highest BCUT2D eigenvalue weighted by molar-refractivity contribution is 9.10. The number of anilines is 1. The van der Waals surface area contributed by atoms with Gasteiger partial charge in [0, 0.05) is 10.2 Å². The van der Waals surface area contributed by atoms with Crippen molar-refractivity contribution >= 4 is 27.3 Å². The van der Waals surface area contributed by atoms with E-state index < -0.39 is 0 Å². The SMILES string of the molecule is CC(C)c1cc(Br)c2c(N)ncnn12. The van der Waals surface area contributed by atoms with E-state index in [0.717, 1.165) is 15.7 Å². The average Bonchev–Trinajstić information content (AvgIpc) is 2.45. The van der Waals surface area contributed by atoms with Gasteiger partial charge in [0.2, 0.25) is 0 Å². The maximum atomic E-state index is 5.77. The number of nitrogen functional groups attached to an aromatic ring is 1. The van der Waals surface area contributed by atoms with Gasteiger partial charge in [0.1, 0.15) is 11.8 Å². The fourth-order valence-electron chi connectivity index (χ4n) is 1.46. The lowest BCUT2D eigenvalue weighted by atomic mass is 10.1. The van der Waals surface area contributed by atoms with Crippen LogP contribution in [0.5, 0.6) is 0 Å². The van der Waals surface area contributed by atoms with Crippen LogP contribution in [-0.2, 0) is 0 Å². The van der Waals surface area contributed by atoms with E-state index in [1.54, 1.807) is 0 Å². The molecule has 14 heavy (non-hydrogen) atoms. The minimum Gasteiger partial charge on any atom is -0.382 e. The van der Waals surface area contributed by atoms with E-state index in [4.69, 9.17) is 5.73 Å². The van der Waals surface area contributed by atoms with Crippen LogP contribution in [0.3, 0.4) is 0 Å². The summed E-state index contributed by atoms with van der Waals surface area (Å²) in [5, 5.41) is 4.18. The summed E-state index contributed by atoms with van der Waals surface area (Å²) in [7, 11) is 0. The molecule has 0 aliphatic carbocycles. The summed E-state index contributed by atoms with van der Waals surface area (Å²) in [5.41, 5.74) is 7.74. The van der Waals surface area contributed by atoms with Crippen molar-refractivity contribution in [1.29, 1.82) is 0 Å². The lowest BCUT2D eigenvalue weighted by Crippen LogP contribution is -2.02. The molecule has 0 atom stereocenters. The average molecular weight is 255 g/mol. The molecule has 2 heterocycles. The number of fused-ring (bicyclic) bond motifs is 1. The summed E-state index contributed by atoms with van der Waals surface area (Å²) < 4.78 is 2.77. The van der Waals surface area contributed by atoms with E-state index in [1.165, 1.54) is 6.33 Å². The van der Waals surface area contributed by atoms with Gasteiger partial charge in [-0.3, -0.25) is 0 Å². The topological polar surface area (TPSA) is 56.2 Å². The molecule has 2 N–H and O–H groups in total. The Kier molecular flexibility index (Phi) is 2.19. The molecule has 0 saturated carbocycles. The van der Waals surface area contributed by atoms with Crippen LogP contribution in [0, 0.1) is 0 Å². The smallest absolute Gasteiger partial charge is 0.152 e. The molecule has 4 nitrogen and oxygen atoms in total. The highest BCUT2D eigenvalue weighted by Crippen LogP contribution is 2.28. The Labute approximate surface area is 90.3 Å². The molecular formula is C9H11BrN4. The van der Waals surface area contributed by atoms with Crippen LogP contribution in [0.2, 0.25) is 0 Å². The summed E-state index contributed by atoms with van der Waals surface area (Å²) >= 11 is 3.46. The van der Waals surface area contributed by atoms with Gasteiger partial charge in [-0.25, -0.2) is 9.50 Å². The zero-order valence-corrected chi connectivity index (χ0v) is 9.62. The molecule has 0 unspecified atom stereocenters. The van der Waals surface area contributed by atoms with Crippen molar-refractivity contribution in [1.82, 2.24) is 14.6 Å². The quantitative estimate of drug-likeness (QED) is 0.849. The van der Waals surface area contributed by atoms with Crippen LogP contribution >= 0.6 is 15.9 Å². The molecule has 0 radical (unpaired) electrons. The molecule has 0 fully saturated rings. The monoisotopic (exact) mass is 254 g/mol. The van der Waals surface area contributed by atoms with E-state index in [-0.39, 0.29) is 0 Å². The Balaban J connectivity index is 2.84.